The summed E-state index contributed by atoms with van der Waals surface area (Å²) >= 11 is 6.82. The maximum absolute atomic E-state index is 6.08. The predicted octanol–water partition coefficient (Wildman–Crippen LogP) is 3.21. The summed E-state index contributed by atoms with van der Waals surface area (Å²) in [4.78, 5) is 5.42. The average Bonchev–Trinajstić information content (AvgIpc) is 2.75. The highest BCUT2D eigenvalue weighted by atomic mass is 79.9. The molecule has 5 heteroatoms. The molecule has 0 saturated heterocycles. The van der Waals surface area contributed by atoms with Crippen LogP contribution in [0.5, 0.6) is 0 Å². The van der Waals surface area contributed by atoms with Gasteiger partial charge in [0.15, 0.2) is 0 Å². The molecule has 0 aromatic carbocycles. The zero-order valence-electron chi connectivity index (χ0n) is 7.31. The Balaban J connectivity index is 2.10. The van der Waals surface area contributed by atoms with E-state index in [1.807, 2.05) is 23.0 Å². The molecule has 1 atom stereocenters. The lowest BCUT2D eigenvalue weighted by Crippen LogP contribution is -2.12. The van der Waals surface area contributed by atoms with Gasteiger partial charge in [-0.25, -0.2) is 4.98 Å². The summed E-state index contributed by atoms with van der Waals surface area (Å²) < 4.78 is 1.10. The fourth-order valence-corrected chi connectivity index (χ4v) is 3.55. The van der Waals surface area contributed by atoms with E-state index < -0.39 is 0 Å². The number of rotatable bonds is 3. The topological polar surface area (TPSA) is 38.9 Å². The van der Waals surface area contributed by atoms with Crippen LogP contribution in [-0.2, 0) is 6.42 Å². The fraction of sp³-hybridized carbons (Fsp3) is 0.222. The Morgan fingerprint density at radius 3 is 2.86 bits per heavy atom. The van der Waals surface area contributed by atoms with Gasteiger partial charge < -0.3 is 5.73 Å². The van der Waals surface area contributed by atoms with Crippen LogP contribution in [0.4, 0.5) is 0 Å². The number of halogens is 1. The summed E-state index contributed by atoms with van der Waals surface area (Å²) in [5.74, 6) is 0. The summed E-state index contributed by atoms with van der Waals surface area (Å²) in [7, 11) is 0. The molecule has 0 aliphatic carbocycles. The van der Waals surface area contributed by atoms with Crippen LogP contribution in [0.3, 0.4) is 0 Å². The molecule has 0 amide bonds. The molecule has 0 aliphatic heterocycles. The Kier molecular flexibility index (Phi) is 3.33. The highest BCUT2D eigenvalue weighted by molar-refractivity contribution is 9.10. The van der Waals surface area contributed by atoms with Gasteiger partial charge in [-0.2, -0.15) is 0 Å². The van der Waals surface area contributed by atoms with Crippen molar-refractivity contribution < 1.29 is 0 Å². The molecule has 2 rings (SSSR count). The smallest absolute Gasteiger partial charge is 0.0944 e. The molecule has 0 spiro atoms. The van der Waals surface area contributed by atoms with Gasteiger partial charge in [-0.3, -0.25) is 0 Å². The van der Waals surface area contributed by atoms with Crippen molar-refractivity contribution in [2.24, 2.45) is 5.73 Å². The van der Waals surface area contributed by atoms with Crippen molar-refractivity contribution in [2.45, 2.75) is 12.5 Å². The van der Waals surface area contributed by atoms with Crippen LogP contribution in [0.15, 0.2) is 27.5 Å². The molecule has 74 valence electrons. The van der Waals surface area contributed by atoms with Crippen LogP contribution in [-0.4, -0.2) is 4.98 Å². The normalized spacial score (nSPS) is 13.0. The van der Waals surface area contributed by atoms with Crippen LogP contribution < -0.4 is 5.73 Å². The second-order valence-electron chi connectivity index (χ2n) is 2.87. The number of aromatic nitrogens is 1. The van der Waals surface area contributed by atoms with Gasteiger partial charge >= 0.3 is 0 Å². The van der Waals surface area contributed by atoms with Gasteiger partial charge in [0.1, 0.15) is 0 Å². The van der Waals surface area contributed by atoms with Crippen LogP contribution in [0, 0.1) is 0 Å². The molecule has 1 unspecified atom stereocenters. The van der Waals surface area contributed by atoms with Crippen LogP contribution >= 0.6 is 38.6 Å². The number of thiophene rings is 1. The van der Waals surface area contributed by atoms with E-state index in [9.17, 15) is 0 Å². The van der Waals surface area contributed by atoms with Crippen LogP contribution in [0.2, 0.25) is 0 Å². The average molecular weight is 289 g/mol. The second kappa shape index (κ2) is 4.53. The molecule has 0 saturated carbocycles. The minimum absolute atomic E-state index is 0.0514. The number of hydrogen-bond acceptors (Lipinski definition) is 4. The minimum atomic E-state index is 0.0514. The lowest BCUT2D eigenvalue weighted by Gasteiger charge is -2.07. The van der Waals surface area contributed by atoms with Crippen molar-refractivity contribution in [1.29, 1.82) is 0 Å². The maximum atomic E-state index is 6.08. The third kappa shape index (κ3) is 2.23. The Bertz CT molecular complexity index is 397. The van der Waals surface area contributed by atoms with Crippen molar-refractivity contribution in [3.63, 3.8) is 0 Å². The Labute approximate surface area is 98.9 Å². The van der Waals surface area contributed by atoms with Gasteiger partial charge in [0.25, 0.3) is 0 Å². The molecule has 2 aromatic heterocycles. The van der Waals surface area contributed by atoms with E-state index in [-0.39, 0.29) is 6.04 Å². The first-order chi connectivity index (χ1) is 6.77. The number of thiazole rings is 1. The number of nitrogens with zero attached hydrogens (tertiary/aromatic N) is 1. The minimum Gasteiger partial charge on any atom is -0.323 e. The third-order valence-electron chi connectivity index (χ3n) is 1.86. The van der Waals surface area contributed by atoms with Crippen LogP contribution in [0.1, 0.15) is 15.9 Å². The zero-order valence-corrected chi connectivity index (χ0v) is 10.5. The van der Waals surface area contributed by atoms with E-state index in [0.717, 1.165) is 15.9 Å². The molecular weight excluding hydrogens is 280 g/mol. The van der Waals surface area contributed by atoms with E-state index in [0.29, 0.717) is 0 Å². The van der Waals surface area contributed by atoms with E-state index in [1.165, 1.54) is 4.88 Å². The lowest BCUT2D eigenvalue weighted by atomic mass is 10.2. The highest BCUT2D eigenvalue weighted by Crippen LogP contribution is 2.29. The third-order valence-corrected chi connectivity index (χ3v) is 4.66. The zero-order chi connectivity index (χ0) is 9.97. The molecule has 0 radical (unpaired) electrons. The van der Waals surface area contributed by atoms with Crippen molar-refractivity contribution >= 4 is 38.6 Å². The van der Waals surface area contributed by atoms with Gasteiger partial charge in [0, 0.05) is 33.4 Å². The van der Waals surface area contributed by atoms with Crippen molar-refractivity contribution in [3.8, 4) is 0 Å². The lowest BCUT2D eigenvalue weighted by molar-refractivity contribution is 0.729. The van der Waals surface area contributed by atoms with Gasteiger partial charge in [0.2, 0.25) is 0 Å². The van der Waals surface area contributed by atoms with Crippen molar-refractivity contribution in [3.05, 3.63) is 37.4 Å². The summed E-state index contributed by atoms with van der Waals surface area (Å²) in [6.45, 7) is 0. The summed E-state index contributed by atoms with van der Waals surface area (Å²) in [5.41, 5.74) is 6.08. The Morgan fingerprint density at radius 1 is 1.43 bits per heavy atom. The molecule has 2 aromatic rings. The fourth-order valence-electron chi connectivity index (χ4n) is 1.20. The van der Waals surface area contributed by atoms with Crippen molar-refractivity contribution in [1.82, 2.24) is 4.98 Å². The number of nitrogens with two attached hydrogens (primary N) is 1. The quantitative estimate of drug-likeness (QED) is 0.942. The summed E-state index contributed by atoms with van der Waals surface area (Å²) in [6, 6.07) is 2.08. The molecule has 0 fully saturated rings. The largest absolute Gasteiger partial charge is 0.323 e. The predicted molar refractivity (Wildman–Crippen MR) is 64.8 cm³/mol. The van der Waals surface area contributed by atoms with E-state index in [4.69, 9.17) is 5.73 Å². The molecular formula is C9H9BrN2S2. The molecule has 0 aliphatic rings. The van der Waals surface area contributed by atoms with E-state index in [1.54, 1.807) is 22.7 Å². The second-order valence-corrected chi connectivity index (χ2v) is 5.65. The first kappa shape index (κ1) is 10.3. The van der Waals surface area contributed by atoms with E-state index in [2.05, 4.69) is 20.9 Å². The first-order valence-electron chi connectivity index (χ1n) is 4.14. The van der Waals surface area contributed by atoms with Gasteiger partial charge in [-0.15, -0.1) is 22.7 Å². The Hall–Kier alpha value is -0.230. The SMILES string of the molecule is NC(Cc1nccs1)c1sccc1Br. The summed E-state index contributed by atoms with van der Waals surface area (Å²) in [6.07, 6.45) is 2.63. The maximum Gasteiger partial charge on any atom is 0.0944 e. The van der Waals surface area contributed by atoms with Gasteiger partial charge in [0.05, 0.1) is 5.01 Å². The van der Waals surface area contributed by atoms with E-state index >= 15 is 0 Å². The first-order valence-corrected chi connectivity index (χ1v) is 6.69. The highest BCUT2D eigenvalue weighted by Gasteiger charge is 2.12. The monoisotopic (exact) mass is 288 g/mol. The van der Waals surface area contributed by atoms with Gasteiger partial charge in [-0.05, 0) is 27.4 Å². The van der Waals surface area contributed by atoms with Crippen molar-refractivity contribution in [2.75, 3.05) is 0 Å². The number of hydrogen-bond donors (Lipinski definition) is 1. The van der Waals surface area contributed by atoms with Crippen LogP contribution in [0.25, 0.3) is 0 Å². The molecule has 0 bridgehead atoms. The Morgan fingerprint density at radius 2 is 2.29 bits per heavy atom. The molecule has 2 heterocycles. The molecule has 2 N–H and O–H groups in total. The van der Waals surface area contributed by atoms with Gasteiger partial charge in [-0.1, -0.05) is 0 Å². The molecule has 14 heavy (non-hydrogen) atoms. The standard InChI is InChI=1S/C9H9BrN2S2/c10-6-1-3-14-9(6)7(11)5-8-12-2-4-13-8/h1-4,7H,5,11H2. The summed E-state index contributed by atoms with van der Waals surface area (Å²) in [5, 5.41) is 5.12. The molecule has 2 nitrogen and oxygen atoms in total.